The highest BCUT2D eigenvalue weighted by molar-refractivity contribution is 6.30. The molecule has 0 unspecified atom stereocenters. The molecule has 2 atom stereocenters. The van der Waals surface area contributed by atoms with Crippen LogP contribution in [0.2, 0.25) is 5.02 Å². The lowest BCUT2D eigenvalue weighted by Gasteiger charge is -2.48. The van der Waals surface area contributed by atoms with Crippen LogP contribution in [0.15, 0.2) is 36.9 Å². The molecule has 1 saturated carbocycles. The molecule has 0 heterocycles. The number of halogens is 1. The summed E-state index contributed by atoms with van der Waals surface area (Å²) in [4.78, 5) is 12.8. The molecule has 2 rings (SSSR count). The third-order valence-corrected chi connectivity index (χ3v) is 5.15. The summed E-state index contributed by atoms with van der Waals surface area (Å²) < 4.78 is 5.36. The van der Waals surface area contributed by atoms with Gasteiger partial charge in [-0.2, -0.15) is 0 Å². The molecule has 1 N–H and O–H groups in total. The number of rotatable bonds is 6. The van der Waals surface area contributed by atoms with Crippen molar-refractivity contribution in [3.63, 3.8) is 0 Å². The number of aliphatic hydroxyl groups is 1. The maximum atomic E-state index is 12.8. The summed E-state index contributed by atoms with van der Waals surface area (Å²) in [6.07, 6.45) is 5.57. The van der Waals surface area contributed by atoms with E-state index in [0.29, 0.717) is 37.3 Å². The fourth-order valence-corrected chi connectivity index (χ4v) is 3.82. The van der Waals surface area contributed by atoms with Gasteiger partial charge in [-0.25, -0.2) is 0 Å². The van der Waals surface area contributed by atoms with Crippen molar-refractivity contribution < 1.29 is 14.6 Å². The molecule has 126 valence electrons. The zero-order valence-electron chi connectivity index (χ0n) is 13.7. The smallest absolute Gasteiger partial charge is 0.315 e. The number of carbonyl (C=O) groups is 1. The highest BCUT2D eigenvalue weighted by Gasteiger charge is 2.56. The molecule has 1 aromatic carbocycles. The Morgan fingerprint density at radius 3 is 2.61 bits per heavy atom. The van der Waals surface area contributed by atoms with Crippen LogP contribution in [-0.2, 0) is 16.0 Å². The monoisotopic (exact) mass is 336 g/mol. The molecular formula is C19H25ClO3. The Bertz CT molecular complexity index is 554. The first-order valence-corrected chi connectivity index (χ1v) is 8.60. The van der Waals surface area contributed by atoms with Gasteiger partial charge in [-0.3, -0.25) is 4.79 Å². The van der Waals surface area contributed by atoms with Gasteiger partial charge in [0.1, 0.15) is 5.41 Å². The first-order valence-electron chi connectivity index (χ1n) is 8.22. The molecule has 23 heavy (non-hydrogen) atoms. The molecule has 0 spiro atoms. The second-order valence-electron chi connectivity index (χ2n) is 6.34. The fraction of sp³-hybridized carbons (Fsp3) is 0.526. The molecule has 1 aliphatic carbocycles. The van der Waals surface area contributed by atoms with Crippen LogP contribution >= 0.6 is 11.6 Å². The van der Waals surface area contributed by atoms with Crippen LogP contribution in [0.25, 0.3) is 0 Å². The molecule has 0 amide bonds. The second kappa shape index (κ2) is 7.50. The molecule has 1 aromatic rings. The van der Waals surface area contributed by atoms with Gasteiger partial charge in [-0.15, -0.1) is 6.58 Å². The van der Waals surface area contributed by atoms with Crippen molar-refractivity contribution in [1.82, 2.24) is 0 Å². The topological polar surface area (TPSA) is 46.5 Å². The molecule has 0 aromatic heterocycles. The molecule has 4 heteroatoms. The van der Waals surface area contributed by atoms with Crippen molar-refractivity contribution in [2.45, 2.75) is 51.0 Å². The summed E-state index contributed by atoms with van der Waals surface area (Å²) in [5, 5.41) is 12.0. The van der Waals surface area contributed by atoms with Gasteiger partial charge in [-0.05, 0) is 50.3 Å². The van der Waals surface area contributed by atoms with E-state index in [1.54, 1.807) is 13.0 Å². The van der Waals surface area contributed by atoms with Crippen LogP contribution < -0.4 is 0 Å². The SMILES string of the molecule is C=CC[C@@]1(O)CCCC[C@@]1(Cc1ccc(Cl)cc1)C(=O)OCC. The van der Waals surface area contributed by atoms with Crippen molar-refractivity contribution in [2.75, 3.05) is 6.61 Å². The number of ether oxygens (including phenoxy) is 1. The van der Waals surface area contributed by atoms with Gasteiger partial charge in [0.15, 0.2) is 0 Å². The molecule has 0 bridgehead atoms. The number of esters is 1. The van der Waals surface area contributed by atoms with Gasteiger partial charge in [0.2, 0.25) is 0 Å². The first-order chi connectivity index (χ1) is 11.0. The van der Waals surface area contributed by atoms with Crippen molar-refractivity contribution in [3.05, 3.63) is 47.5 Å². The lowest BCUT2D eigenvalue weighted by atomic mass is 9.59. The van der Waals surface area contributed by atoms with E-state index in [1.165, 1.54) is 0 Å². The minimum atomic E-state index is -1.11. The number of hydrogen-bond acceptors (Lipinski definition) is 3. The standard InChI is InChI=1S/C19H25ClO3/c1-3-11-19(22)13-6-5-12-18(19,17(21)23-4-2)14-15-7-9-16(20)10-8-15/h3,7-10,22H,1,4-6,11-14H2,2H3/t18-,19-/m1/s1. The van der Waals surface area contributed by atoms with Crippen LogP contribution in [0.5, 0.6) is 0 Å². The van der Waals surface area contributed by atoms with Gasteiger partial charge in [0.25, 0.3) is 0 Å². The first kappa shape index (κ1) is 18.0. The number of hydrogen-bond donors (Lipinski definition) is 1. The third kappa shape index (κ3) is 3.61. The van der Waals surface area contributed by atoms with Gasteiger partial charge in [-0.1, -0.05) is 42.7 Å². The Morgan fingerprint density at radius 1 is 1.35 bits per heavy atom. The highest BCUT2D eigenvalue weighted by atomic mass is 35.5. The number of benzene rings is 1. The van der Waals surface area contributed by atoms with Gasteiger partial charge in [0, 0.05) is 5.02 Å². The second-order valence-corrected chi connectivity index (χ2v) is 6.77. The normalized spacial score (nSPS) is 27.4. The Balaban J connectivity index is 2.43. The molecule has 0 saturated heterocycles. The number of carbonyl (C=O) groups excluding carboxylic acids is 1. The van der Waals surface area contributed by atoms with E-state index in [9.17, 15) is 9.90 Å². The predicted molar refractivity (Wildman–Crippen MR) is 92.5 cm³/mol. The minimum Gasteiger partial charge on any atom is -0.465 e. The molecular weight excluding hydrogens is 312 g/mol. The van der Waals surface area contributed by atoms with Crippen LogP contribution in [0.3, 0.4) is 0 Å². The van der Waals surface area contributed by atoms with Gasteiger partial charge >= 0.3 is 5.97 Å². The fourth-order valence-electron chi connectivity index (χ4n) is 3.69. The molecule has 1 aliphatic rings. The molecule has 1 fully saturated rings. The maximum absolute atomic E-state index is 12.8. The van der Waals surface area contributed by atoms with Crippen molar-refractivity contribution in [3.8, 4) is 0 Å². The Hall–Kier alpha value is -1.32. The lowest BCUT2D eigenvalue weighted by molar-refractivity contribution is -0.183. The summed E-state index contributed by atoms with van der Waals surface area (Å²) in [5.74, 6) is -0.306. The van der Waals surface area contributed by atoms with E-state index in [4.69, 9.17) is 16.3 Å². The van der Waals surface area contributed by atoms with Crippen molar-refractivity contribution in [2.24, 2.45) is 5.41 Å². The lowest BCUT2D eigenvalue weighted by Crippen LogP contribution is -2.57. The van der Waals surface area contributed by atoms with Crippen molar-refractivity contribution >= 4 is 17.6 Å². The largest absolute Gasteiger partial charge is 0.465 e. The third-order valence-electron chi connectivity index (χ3n) is 4.90. The van der Waals surface area contributed by atoms with Crippen LogP contribution in [0, 0.1) is 5.41 Å². The summed E-state index contributed by atoms with van der Waals surface area (Å²) in [5.41, 5.74) is -1.06. The summed E-state index contributed by atoms with van der Waals surface area (Å²) in [6.45, 7) is 5.87. The van der Waals surface area contributed by atoms with E-state index in [0.717, 1.165) is 18.4 Å². The summed E-state index contributed by atoms with van der Waals surface area (Å²) in [7, 11) is 0. The van der Waals surface area contributed by atoms with Gasteiger partial charge < -0.3 is 9.84 Å². The van der Waals surface area contributed by atoms with E-state index in [2.05, 4.69) is 6.58 Å². The quantitative estimate of drug-likeness (QED) is 0.622. The molecule has 0 radical (unpaired) electrons. The maximum Gasteiger partial charge on any atom is 0.315 e. The minimum absolute atomic E-state index is 0.306. The summed E-state index contributed by atoms with van der Waals surface area (Å²) >= 11 is 5.95. The summed E-state index contributed by atoms with van der Waals surface area (Å²) in [6, 6.07) is 7.44. The van der Waals surface area contributed by atoms with E-state index < -0.39 is 11.0 Å². The zero-order valence-corrected chi connectivity index (χ0v) is 14.4. The molecule has 3 nitrogen and oxygen atoms in total. The van der Waals surface area contributed by atoms with Gasteiger partial charge in [0.05, 0.1) is 12.2 Å². The highest BCUT2D eigenvalue weighted by Crippen LogP contribution is 2.49. The average Bonchev–Trinajstić information content (AvgIpc) is 2.52. The van der Waals surface area contributed by atoms with E-state index in [-0.39, 0.29) is 5.97 Å². The Labute approximate surface area is 143 Å². The van der Waals surface area contributed by atoms with Crippen molar-refractivity contribution in [1.29, 1.82) is 0 Å². The molecule has 0 aliphatic heterocycles. The van der Waals surface area contributed by atoms with Crippen LogP contribution in [0.4, 0.5) is 0 Å². The van der Waals surface area contributed by atoms with Crippen LogP contribution in [0.1, 0.15) is 44.6 Å². The Kier molecular flexibility index (Phi) is 5.88. The van der Waals surface area contributed by atoms with E-state index >= 15 is 0 Å². The predicted octanol–water partition coefficient (Wildman–Crippen LogP) is 4.31. The average molecular weight is 337 g/mol. The van der Waals surface area contributed by atoms with Crippen LogP contribution in [-0.4, -0.2) is 23.3 Å². The Morgan fingerprint density at radius 2 is 2.00 bits per heavy atom. The zero-order chi connectivity index (χ0) is 16.9. The van der Waals surface area contributed by atoms with E-state index in [1.807, 2.05) is 24.3 Å².